The molecule has 0 aliphatic heterocycles. The van der Waals surface area contributed by atoms with Crippen molar-refractivity contribution in [3.8, 4) is 11.5 Å². The largest absolute Gasteiger partial charge is 0.490 e. The summed E-state index contributed by atoms with van der Waals surface area (Å²) >= 11 is 0. The normalized spacial score (nSPS) is 10.3. The number of benzene rings is 2. The van der Waals surface area contributed by atoms with Crippen molar-refractivity contribution in [2.24, 2.45) is 0 Å². The van der Waals surface area contributed by atoms with Gasteiger partial charge in [0.05, 0.1) is 25.4 Å². The molecule has 2 aromatic carbocycles. The molecule has 0 heterocycles. The maximum atomic E-state index is 13.5. The zero-order chi connectivity index (χ0) is 21.2. The molecule has 0 aliphatic carbocycles. The number of halogens is 3. The number of hydrogen-bond acceptors (Lipinski definition) is 4. The Labute approximate surface area is 166 Å². The topological polar surface area (TPSA) is 76.7 Å². The molecule has 2 aromatic rings. The Morgan fingerprint density at radius 2 is 1.62 bits per heavy atom. The maximum absolute atomic E-state index is 13.5. The summed E-state index contributed by atoms with van der Waals surface area (Å²) in [6.07, 6.45) is 0.495. The van der Waals surface area contributed by atoms with Crippen molar-refractivity contribution in [3.05, 3.63) is 53.8 Å². The second-order valence-corrected chi connectivity index (χ2v) is 5.88. The van der Waals surface area contributed by atoms with Crippen LogP contribution in [-0.2, 0) is 9.59 Å². The predicted molar refractivity (Wildman–Crippen MR) is 100 cm³/mol. The number of anilines is 1. The highest BCUT2D eigenvalue weighted by molar-refractivity contribution is 5.94. The Hall–Kier alpha value is -3.23. The third-order valence-corrected chi connectivity index (χ3v) is 3.71. The molecule has 0 saturated heterocycles. The summed E-state index contributed by atoms with van der Waals surface area (Å²) < 4.78 is 50.5. The quantitative estimate of drug-likeness (QED) is 0.465. The van der Waals surface area contributed by atoms with E-state index in [0.29, 0.717) is 30.6 Å². The van der Waals surface area contributed by atoms with Gasteiger partial charge in [-0.05, 0) is 37.6 Å². The van der Waals surface area contributed by atoms with Gasteiger partial charge in [-0.15, -0.1) is 0 Å². The first kappa shape index (κ1) is 22.1. The van der Waals surface area contributed by atoms with Gasteiger partial charge in [0.25, 0.3) is 0 Å². The molecule has 0 saturated carbocycles. The lowest BCUT2D eigenvalue weighted by atomic mass is 10.2. The first-order valence-corrected chi connectivity index (χ1v) is 8.97. The predicted octanol–water partition coefficient (Wildman–Crippen LogP) is 3.42. The van der Waals surface area contributed by atoms with Gasteiger partial charge in [-0.3, -0.25) is 9.59 Å². The van der Waals surface area contributed by atoms with Crippen molar-refractivity contribution in [3.63, 3.8) is 0 Å². The van der Waals surface area contributed by atoms with Crippen molar-refractivity contribution in [2.45, 2.75) is 19.8 Å². The molecule has 156 valence electrons. The molecule has 0 unspecified atom stereocenters. The Morgan fingerprint density at radius 1 is 0.931 bits per heavy atom. The fourth-order valence-corrected chi connectivity index (χ4v) is 2.34. The molecule has 9 heteroatoms. The standard InChI is InChI=1S/C20H21F3N2O4/c1-2-28-15-6-3-4-7-16(15)29-11-5-8-17(26)24-12-18(27)25-14-10-9-13(21)19(22)20(14)23/h3-4,6-7,9-10H,2,5,8,11-12H2,1H3,(H,24,26)(H,25,27). The zero-order valence-corrected chi connectivity index (χ0v) is 15.8. The van der Waals surface area contributed by atoms with Crippen molar-refractivity contribution in [1.29, 1.82) is 0 Å². The molecule has 0 atom stereocenters. The molecule has 0 aliphatic rings. The van der Waals surface area contributed by atoms with Crippen molar-refractivity contribution in [2.75, 3.05) is 25.1 Å². The molecular weight excluding hydrogens is 389 g/mol. The van der Waals surface area contributed by atoms with Crippen molar-refractivity contribution in [1.82, 2.24) is 5.32 Å². The van der Waals surface area contributed by atoms with Crippen LogP contribution in [0.25, 0.3) is 0 Å². The summed E-state index contributed by atoms with van der Waals surface area (Å²) in [5.41, 5.74) is -0.510. The molecule has 6 nitrogen and oxygen atoms in total. The fourth-order valence-electron chi connectivity index (χ4n) is 2.34. The van der Waals surface area contributed by atoms with Crippen LogP contribution in [0.2, 0.25) is 0 Å². The van der Waals surface area contributed by atoms with Crippen LogP contribution >= 0.6 is 0 Å². The van der Waals surface area contributed by atoms with Gasteiger partial charge in [0, 0.05) is 6.42 Å². The number of para-hydroxylation sites is 2. The van der Waals surface area contributed by atoms with Crippen molar-refractivity contribution < 1.29 is 32.2 Å². The molecule has 2 rings (SSSR count). The minimum atomic E-state index is -1.68. The Kier molecular flexibility index (Phi) is 8.32. The SMILES string of the molecule is CCOc1ccccc1OCCCC(=O)NCC(=O)Nc1ccc(F)c(F)c1F. The van der Waals surface area contributed by atoms with Gasteiger partial charge in [0.1, 0.15) is 0 Å². The van der Waals surface area contributed by atoms with E-state index in [4.69, 9.17) is 9.47 Å². The Morgan fingerprint density at radius 3 is 2.31 bits per heavy atom. The molecule has 29 heavy (non-hydrogen) atoms. The molecule has 0 spiro atoms. The molecule has 0 aromatic heterocycles. The highest BCUT2D eigenvalue weighted by atomic mass is 19.2. The first-order valence-electron chi connectivity index (χ1n) is 8.97. The van der Waals surface area contributed by atoms with E-state index in [9.17, 15) is 22.8 Å². The highest BCUT2D eigenvalue weighted by Crippen LogP contribution is 2.26. The fraction of sp³-hybridized carbons (Fsp3) is 0.300. The van der Waals surface area contributed by atoms with E-state index in [-0.39, 0.29) is 13.0 Å². The Bertz CT molecular complexity index is 862. The van der Waals surface area contributed by atoms with E-state index in [1.165, 1.54) is 0 Å². The molecule has 2 N–H and O–H groups in total. The molecule has 0 fully saturated rings. The zero-order valence-electron chi connectivity index (χ0n) is 15.8. The van der Waals surface area contributed by atoms with Crippen LogP contribution in [0.5, 0.6) is 11.5 Å². The lowest BCUT2D eigenvalue weighted by Gasteiger charge is -2.11. The Balaban J connectivity index is 1.70. The number of nitrogens with one attached hydrogen (secondary N) is 2. The van der Waals surface area contributed by atoms with Gasteiger partial charge in [0.2, 0.25) is 11.8 Å². The van der Waals surface area contributed by atoms with Crippen molar-refractivity contribution >= 4 is 17.5 Å². The first-order chi connectivity index (χ1) is 13.9. The lowest BCUT2D eigenvalue weighted by molar-refractivity contribution is -0.124. The van der Waals surface area contributed by atoms with Crippen LogP contribution < -0.4 is 20.1 Å². The van der Waals surface area contributed by atoms with Gasteiger partial charge in [-0.25, -0.2) is 13.2 Å². The van der Waals surface area contributed by atoms with E-state index >= 15 is 0 Å². The van der Waals surface area contributed by atoms with Crippen LogP contribution in [0.15, 0.2) is 36.4 Å². The number of carbonyl (C=O) groups excluding carboxylic acids is 2. The molecule has 2 amide bonds. The number of carbonyl (C=O) groups is 2. The highest BCUT2D eigenvalue weighted by Gasteiger charge is 2.15. The van der Waals surface area contributed by atoms with Gasteiger partial charge < -0.3 is 20.1 Å². The summed E-state index contributed by atoms with van der Waals surface area (Å²) in [5, 5.41) is 4.42. The van der Waals surface area contributed by atoms with E-state index in [1.807, 2.05) is 13.0 Å². The summed E-state index contributed by atoms with van der Waals surface area (Å²) in [6, 6.07) is 8.75. The molecule has 0 bridgehead atoms. The summed E-state index contributed by atoms with van der Waals surface area (Å²) in [6.45, 7) is 2.19. The summed E-state index contributed by atoms with van der Waals surface area (Å²) in [4.78, 5) is 23.5. The smallest absolute Gasteiger partial charge is 0.243 e. The van der Waals surface area contributed by atoms with Crippen LogP contribution in [0, 0.1) is 17.5 Å². The second kappa shape index (κ2) is 10.9. The second-order valence-electron chi connectivity index (χ2n) is 5.88. The monoisotopic (exact) mass is 410 g/mol. The third kappa shape index (κ3) is 6.70. The number of hydrogen-bond donors (Lipinski definition) is 2. The van der Waals surface area contributed by atoms with Crippen LogP contribution in [0.4, 0.5) is 18.9 Å². The number of amides is 2. The number of rotatable bonds is 10. The van der Waals surface area contributed by atoms with E-state index in [1.54, 1.807) is 18.2 Å². The van der Waals surface area contributed by atoms with Crippen LogP contribution in [0.3, 0.4) is 0 Å². The van der Waals surface area contributed by atoms with E-state index < -0.39 is 41.5 Å². The minimum absolute atomic E-state index is 0.101. The van der Waals surface area contributed by atoms with Gasteiger partial charge in [0.15, 0.2) is 29.0 Å². The molecular formula is C20H21F3N2O4. The minimum Gasteiger partial charge on any atom is -0.490 e. The summed E-state index contributed by atoms with van der Waals surface area (Å²) in [5.74, 6) is -4.55. The van der Waals surface area contributed by atoms with Gasteiger partial charge >= 0.3 is 0 Å². The maximum Gasteiger partial charge on any atom is 0.243 e. The van der Waals surface area contributed by atoms with Gasteiger partial charge in [-0.2, -0.15) is 0 Å². The number of ether oxygens (including phenoxy) is 2. The van der Waals surface area contributed by atoms with Gasteiger partial charge in [-0.1, -0.05) is 12.1 Å². The third-order valence-electron chi connectivity index (χ3n) is 3.71. The van der Waals surface area contributed by atoms with Crippen LogP contribution in [0.1, 0.15) is 19.8 Å². The van der Waals surface area contributed by atoms with Crippen LogP contribution in [-0.4, -0.2) is 31.6 Å². The average molecular weight is 410 g/mol. The summed E-state index contributed by atoms with van der Waals surface area (Å²) in [7, 11) is 0. The van der Waals surface area contributed by atoms with E-state index in [0.717, 1.165) is 6.07 Å². The average Bonchev–Trinajstić information content (AvgIpc) is 2.71. The lowest BCUT2D eigenvalue weighted by Crippen LogP contribution is -2.33. The molecule has 0 radical (unpaired) electrons. The van der Waals surface area contributed by atoms with E-state index in [2.05, 4.69) is 10.6 Å².